The Hall–Kier alpha value is -0.430. The van der Waals surface area contributed by atoms with Crippen molar-refractivity contribution < 1.29 is 18.3 Å². The number of rotatable bonds is 9. The van der Waals surface area contributed by atoms with Crippen molar-refractivity contribution >= 4 is 51.1 Å². The molecule has 1 unspecified atom stereocenters. The fraction of sp³-hybridized carbons (Fsp3) is 0.615. The second kappa shape index (κ2) is 12.0. The van der Waals surface area contributed by atoms with E-state index in [1.807, 2.05) is 6.92 Å². The van der Waals surface area contributed by atoms with Crippen LogP contribution in [0.4, 0.5) is 0 Å². The molecule has 1 aromatic rings. The zero-order chi connectivity index (χ0) is 16.4. The number of nitrogens with zero attached hydrogens (tertiary/aromatic N) is 1. The predicted molar refractivity (Wildman–Crippen MR) is 104 cm³/mol. The summed E-state index contributed by atoms with van der Waals surface area (Å²) in [5.41, 5.74) is 0. The lowest BCUT2D eigenvalue weighted by atomic mass is 10.4. The molecule has 10 heteroatoms. The molecule has 0 saturated heterocycles. The number of methoxy groups -OCH3 is 1. The van der Waals surface area contributed by atoms with Crippen LogP contribution in [-0.2, 0) is 14.6 Å². The van der Waals surface area contributed by atoms with E-state index in [2.05, 4.69) is 15.6 Å². The summed E-state index contributed by atoms with van der Waals surface area (Å²) in [6.07, 6.45) is -1.05. The van der Waals surface area contributed by atoms with Crippen LogP contribution in [0.1, 0.15) is 6.92 Å². The van der Waals surface area contributed by atoms with Crippen molar-refractivity contribution in [3.63, 3.8) is 0 Å². The first kappa shape index (κ1) is 22.6. The number of thiophene rings is 1. The van der Waals surface area contributed by atoms with Crippen molar-refractivity contribution in [2.24, 2.45) is 4.99 Å². The van der Waals surface area contributed by atoms with E-state index in [9.17, 15) is 13.5 Å². The van der Waals surface area contributed by atoms with Gasteiger partial charge in [0.05, 0.1) is 25.0 Å². The van der Waals surface area contributed by atoms with Gasteiger partial charge in [-0.3, -0.25) is 4.99 Å². The lowest BCUT2D eigenvalue weighted by Gasteiger charge is -2.12. The molecule has 7 nitrogen and oxygen atoms in total. The maximum absolute atomic E-state index is 12.0. The monoisotopic (exact) mass is 477 g/mol. The maximum Gasteiger partial charge on any atom is 0.191 e. The molecule has 0 aliphatic rings. The standard InChI is InChI=1S/C13H23N3O4S2.HI/c1-3-14-13(15-6-7-20-2)16-9-11(17)10-22(18,19)12-5-4-8-21-12;/h4-5,8,11,17H,3,6-7,9-10H2,1-2H3,(H2,14,15,16);1H. The van der Waals surface area contributed by atoms with Crippen molar-refractivity contribution in [2.75, 3.05) is 39.1 Å². The first-order valence-corrected chi connectivity index (χ1v) is 9.48. The van der Waals surface area contributed by atoms with Gasteiger partial charge in [0.15, 0.2) is 15.8 Å². The number of guanidine groups is 1. The van der Waals surface area contributed by atoms with Gasteiger partial charge in [0.1, 0.15) is 4.21 Å². The smallest absolute Gasteiger partial charge is 0.191 e. The number of hydrogen-bond acceptors (Lipinski definition) is 6. The minimum Gasteiger partial charge on any atom is -0.390 e. The lowest BCUT2D eigenvalue weighted by molar-refractivity contribution is 0.202. The average Bonchev–Trinajstić information content (AvgIpc) is 2.99. The van der Waals surface area contributed by atoms with Gasteiger partial charge >= 0.3 is 0 Å². The van der Waals surface area contributed by atoms with Crippen LogP contribution in [0.3, 0.4) is 0 Å². The zero-order valence-electron chi connectivity index (χ0n) is 13.2. The van der Waals surface area contributed by atoms with E-state index in [1.54, 1.807) is 18.6 Å². The van der Waals surface area contributed by atoms with E-state index >= 15 is 0 Å². The van der Waals surface area contributed by atoms with Gasteiger partial charge in [0, 0.05) is 20.2 Å². The molecule has 134 valence electrons. The topological polar surface area (TPSA) is 100 Å². The van der Waals surface area contributed by atoms with E-state index in [0.29, 0.717) is 25.7 Å². The molecule has 0 saturated carbocycles. The summed E-state index contributed by atoms with van der Waals surface area (Å²) < 4.78 is 29.3. The molecular formula is C13H24IN3O4S2. The Labute approximate surface area is 158 Å². The first-order chi connectivity index (χ1) is 10.5. The molecule has 0 aliphatic carbocycles. The number of aliphatic hydroxyl groups is 1. The molecule has 0 aromatic carbocycles. The molecule has 1 atom stereocenters. The second-order valence-corrected chi connectivity index (χ2v) is 7.72. The summed E-state index contributed by atoms with van der Waals surface area (Å²) in [4.78, 5) is 4.18. The molecule has 23 heavy (non-hydrogen) atoms. The van der Waals surface area contributed by atoms with Crippen molar-refractivity contribution in [1.82, 2.24) is 10.6 Å². The number of hydrogen-bond donors (Lipinski definition) is 3. The molecule has 1 heterocycles. The largest absolute Gasteiger partial charge is 0.390 e. The van der Waals surface area contributed by atoms with Crippen molar-refractivity contribution in [3.8, 4) is 0 Å². The molecule has 0 radical (unpaired) electrons. The van der Waals surface area contributed by atoms with Crippen LogP contribution in [0.5, 0.6) is 0 Å². The van der Waals surface area contributed by atoms with Gasteiger partial charge < -0.3 is 20.5 Å². The highest BCUT2D eigenvalue weighted by Crippen LogP contribution is 2.18. The SMILES string of the molecule is CCNC(=NCC(O)CS(=O)(=O)c1cccs1)NCCOC.I. The van der Waals surface area contributed by atoms with Crippen LogP contribution < -0.4 is 10.6 Å². The fourth-order valence-electron chi connectivity index (χ4n) is 1.64. The molecule has 1 aromatic heterocycles. The Kier molecular flexibility index (Phi) is 11.8. The highest BCUT2D eigenvalue weighted by molar-refractivity contribution is 14.0. The third-order valence-electron chi connectivity index (χ3n) is 2.62. The summed E-state index contributed by atoms with van der Waals surface area (Å²) in [5.74, 6) is 0.182. The molecule has 0 aliphatic heterocycles. The van der Waals surface area contributed by atoms with Crippen molar-refractivity contribution in [2.45, 2.75) is 17.2 Å². The Morgan fingerprint density at radius 3 is 2.78 bits per heavy atom. The van der Waals surface area contributed by atoms with E-state index in [0.717, 1.165) is 11.3 Å². The van der Waals surface area contributed by atoms with E-state index in [1.165, 1.54) is 6.07 Å². The summed E-state index contributed by atoms with van der Waals surface area (Å²) >= 11 is 1.14. The van der Waals surface area contributed by atoms with Gasteiger partial charge in [0.25, 0.3) is 0 Å². The molecule has 3 N–H and O–H groups in total. The number of ether oxygens (including phenoxy) is 1. The van der Waals surface area contributed by atoms with Crippen LogP contribution in [0, 0.1) is 0 Å². The summed E-state index contributed by atoms with van der Waals surface area (Å²) in [5, 5.41) is 17.6. The van der Waals surface area contributed by atoms with Gasteiger partial charge in [-0.2, -0.15) is 0 Å². The zero-order valence-corrected chi connectivity index (χ0v) is 17.2. The Morgan fingerprint density at radius 2 is 2.22 bits per heavy atom. The van der Waals surface area contributed by atoms with Gasteiger partial charge in [0.2, 0.25) is 0 Å². The van der Waals surface area contributed by atoms with Crippen LogP contribution in [0.15, 0.2) is 26.7 Å². The molecule has 0 amide bonds. The number of halogens is 1. The molecule has 0 bridgehead atoms. The Morgan fingerprint density at radius 1 is 1.48 bits per heavy atom. The van der Waals surface area contributed by atoms with E-state index < -0.39 is 15.9 Å². The third-order valence-corrected chi connectivity index (χ3v) is 5.90. The van der Waals surface area contributed by atoms with Crippen molar-refractivity contribution in [3.05, 3.63) is 17.5 Å². The number of nitrogens with one attached hydrogen (secondary N) is 2. The summed E-state index contributed by atoms with van der Waals surface area (Å²) in [7, 11) is -1.86. The summed E-state index contributed by atoms with van der Waals surface area (Å²) in [6, 6.07) is 3.21. The quantitative estimate of drug-likeness (QED) is 0.210. The first-order valence-electron chi connectivity index (χ1n) is 6.95. The minimum atomic E-state index is -3.46. The fourth-order valence-corrected chi connectivity index (χ4v) is 4.11. The lowest BCUT2D eigenvalue weighted by Crippen LogP contribution is -2.39. The van der Waals surface area contributed by atoms with Crippen LogP contribution in [-0.4, -0.2) is 64.7 Å². The average molecular weight is 477 g/mol. The third kappa shape index (κ3) is 8.84. The second-order valence-electron chi connectivity index (χ2n) is 4.51. The Bertz CT molecular complexity index is 550. The van der Waals surface area contributed by atoms with Gasteiger partial charge in [-0.25, -0.2) is 8.42 Å². The van der Waals surface area contributed by atoms with Crippen LogP contribution in [0.25, 0.3) is 0 Å². The minimum absolute atomic E-state index is 0. The van der Waals surface area contributed by atoms with Gasteiger partial charge in [-0.1, -0.05) is 6.07 Å². The van der Waals surface area contributed by atoms with Gasteiger partial charge in [-0.05, 0) is 18.4 Å². The highest BCUT2D eigenvalue weighted by Gasteiger charge is 2.20. The van der Waals surface area contributed by atoms with Crippen LogP contribution in [0.2, 0.25) is 0 Å². The summed E-state index contributed by atoms with van der Waals surface area (Å²) in [6.45, 7) is 3.70. The number of sulfone groups is 1. The molecule has 1 rings (SSSR count). The maximum atomic E-state index is 12.0. The highest BCUT2D eigenvalue weighted by atomic mass is 127. The Balaban J connectivity index is 0.00000484. The predicted octanol–water partition coefficient (Wildman–Crippen LogP) is 0.702. The van der Waals surface area contributed by atoms with Crippen molar-refractivity contribution in [1.29, 1.82) is 0 Å². The van der Waals surface area contributed by atoms with E-state index in [4.69, 9.17) is 4.74 Å². The van der Waals surface area contributed by atoms with Crippen LogP contribution >= 0.6 is 35.3 Å². The number of aliphatic hydroxyl groups excluding tert-OH is 1. The molecule has 0 spiro atoms. The normalized spacial score (nSPS) is 13.3. The molecule has 0 fully saturated rings. The van der Waals surface area contributed by atoms with Gasteiger partial charge in [-0.15, -0.1) is 35.3 Å². The molecular weight excluding hydrogens is 453 g/mol. The number of aliphatic imine (C=N–C) groups is 1. The van der Waals surface area contributed by atoms with E-state index in [-0.39, 0.29) is 40.5 Å².